The monoisotopic (exact) mass is 424 g/mol. The molecule has 1 aromatic heterocycles. The summed E-state index contributed by atoms with van der Waals surface area (Å²) in [6.45, 7) is 0.507. The van der Waals surface area contributed by atoms with Gasteiger partial charge in [0.05, 0.1) is 16.3 Å². The summed E-state index contributed by atoms with van der Waals surface area (Å²) in [5, 5.41) is 7.13. The molecule has 1 fully saturated rings. The normalized spacial score (nSPS) is 15.1. The Bertz CT molecular complexity index is 1180. The van der Waals surface area contributed by atoms with Crippen LogP contribution in [0.5, 0.6) is 0 Å². The quantitative estimate of drug-likeness (QED) is 0.658. The number of carbonyl (C=O) groups is 1. The van der Waals surface area contributed by atoms with Gasteiger partial charge < -0.3 is 5.32 Å². The maximum Gasteiger partial charge on any atom is 0.349 e. The minimum absolute atomic E-state index is 0.0849. The molecule has 7 nitrogen and oxygen atoms in total. The molecule has 1 amide bonds. The molecule has 0 atom stereocenters. The molecule has 1 heterocycles. The summed E-state index contributed by atoms with van der Waals surface area (Å²) < 4.78 is 1.01. The van der Waals surface area contributed by atoms with Gasteiger partial charge in [-0.3, -0.25) is 14.6 Å². The van der Waals surface area contributed by atoms with Crippen LogP contribution in [-0.2, 0) is 5.41 Å². The zero-order chi connectivity index (χ0) is 21.1. The second kappa shape index (κ2) is 8.28. The fourth-order valence-electron chi connectivity index (χ4n) is 4.11. The van der Waals surface area contributed by atoms with E-state index in [1.165, 1.54) is 17.7 Å². The number of nitrogens with one attached hydrogen (secondary N) is 2. The molecule has 30 heavy (non-hydrogen) atoms. The smallest absolute Gasteiger partial charge is 0.349 e. The van der Waals surface area contributed by atoms with Crippen LogP contribution < -0.4 is 16.6 Å². The van der Waals surface area contributed by atoms with Gasteiger partial charge in [-0.15, -0.1) is 0 Å². The average molecular weight is 425 g/mol. The Balaban J connectivity index is 1.59. The molecule has 0 saturated heterocycles. The molecule has 2 N–H and O–H groups in total. The van der Waals surface area contributed by atoms with E-state index in [1.54, 1.807) is 6.07 Å². The fourth-order valence-corrected chi connectivity index (χ4v) is 4.32. The van der Waals surface area contributed by atoms with Crippen molar-refractivity contribution < 1.29 is 4.79 Å². The number of aromatic nitrogens is 3. The van der Waals surface area contributed by atoms with Gasteiger partial charge in [0.15, 0.2) is 0 Å². The van der Waals surface area contributed by atoms with Crippen molar-refractivity contribution in [1.29, 1.82) is 0 Å². The Morgan fingerprint density at radius 1 is 1.13 bits per heavy atom. The summed E-state index contributed by atoms with van der Waals surface area (Å²) in [4.78, 5) is 38.4. The third kappa shape index (κ3) is 3.93. The minimum Gasteiger partial charge on any atom is -0.351 e. The SMILES string of the molecule is O=C(NCC1(c2ccccc2)CCCC1)c1cc(-n2ncc(=O)[nH]c2=O)ccc1Cl. The standard InChI is InChI=1S/C22H21ClN4O3/c23-18-9-8-16(27-21(30)26-19(28)13-25-27)12-17(18)20(29)24-14-22(10-4-5-11-22)15-6-2-1-3-7-15/h1-3,6-9,12-13H,4-5,10-11,14H2,(H,24,29)(H,26,28,30). The first kappa shape index (κ1) is 20.1. The van der Waals surface area contributed by atoms with Crippen molar-refractivity contribution >= 4 is 17.5 Å². The van der Waals surface area contributed by atoms with Crippen molar-refractivity contribution in [2.75, 3.05) is 6.54 Å². The van der Waals surface area contributed by atoms with Crippen LogP contribution in [0.1, 0.15) is 41.6 Å². The minimum atomic E-state index is -0.690. The van der Waals surface area contributed by atoms with Crippen LogP contribution in [0.4, 0.5) is 0 Å². The van der Waals surface area contributed by atoms with E-state index in [1.807, 2.05) is 18.2 Å². The van der Waals surface area contributed by atoms with Crippen LogP contribution in [0.2, 0.25) is 5.02 Å². The van der Waals surface area contributed by atoms with Crippen LogP contribution in [0.3, 0.4) is 0 Å². The summed E-state index contributed by atoms with van der Waals surface area (Å²) >= 11 is 6.26. The second-order valence-electron chi connectivity index (χ2n) is 7.55. The molecule has 0 aliphatic heterocycles. The van der Waals surface area contributed by atoms with Gasteiger partial charge in [-0.1, -0.05) is 54.8 Å². The first-order valence-electron chi connectivity index (χ1n) is 9.81. The van der Waals surface area contributed by atoms with E-state index in [0.717, 1.165) is 36.6 Å². The highest BCUT2D eigenvalue weighted by Crippen LogP contribution is 2.40. The number of halogens is 1. The van der Waals surface area contributed by atoms with Crippen LogP contribution in [0.15, 0.2) is 64.3 Å². The number of H-pyrrole nitrogens is 1. The highest BCUT2D eigenvalue weighted by molar-refractivity contribution is 6.33. The predicted molar refractivity (Wildman–Crippen MR) is 114 cm³/mol. The molecule has 8 heteroatoms. The van der Waals surface area contributed by atoms with Gasteiger partial charge >= 0.3 is 5.69 Å². The highest BCUT2D eigenvalue weighted by Gasteiger charge is 2.35. The Morgan fingerprint density at radius 2 is 1.87 bits per heavy atom. The zero-order valence-electron chi connectivity index (χ0n) is 16.2. The molecule has 1 aliphatic rings. The Morgan fingerprint density at radius 3 is 2.57 bits per heavy atom. The maximum absolute atomic E-state index is 13.0. The van der Waals surface area contributed by atoms with Gasteiger partial charge in [0.25, 0.3) is 11.5 Å². The number of benzene rings is 2. The van der Waals surface area contributed by atoms with Crippen molar-refractivity contribution in [2.24, 2.45) is 0 Å². The number of nitrogens with zero attached hydrogens (tertiary/aromatic N) is 2. The van der Waals surface area contributed by atoms with Crippen molar-refractivity contribution in [3.8, 4) is 5.69 Å². The van der Waals surface area contributed by atoms with Crippen molar-refractivity contribution in [3.63, 3.8) is 0 Å². The van der Waals surface area contributed by atoms with E-state index in [-0.39, 0.29) is 21.9 Å². The van der Waals surface area contributed by atoms with Crippen LogP contribution in [-0.4, -0.2) is 27.2 Å². The summed E-state index contributed by atoms with van der Waals surface area (Å²) in [6.07, 6.45) is 5.28. The number of aromatic amines is 1. The topological polar surface area (TPSA) is 96.8 Å². The Kier molecular flexibility index (Phi) is 5.55. The molecule has 1 saturated carbocycles. The van der Waals surface area contributed by atoms with E-state index >= 15 is 0 Å². The third-order valence-corrected chi connectivity index (χ3v) is 6.02. The largest absolute Gasteiger partial charge is 0.351 e. The molecular formula is C22H21ClN4O3. The van der Waals surface area contributed by atoms with Crippen molar-refractivity contribution in [3.05, 3.63) is 91.7 Å². The third-order valence-electron chi connectivity index (χ3n) is 5.69. The lowest BCUT2D eigenvalue weighted by molar-refractivity contribution is 0.0943. The van der Waals surface area contributed by atoms with Crippen LogP contribution in [0.25, 0.3) is 5.69 Å². The van der Waals surface area contributed by atoms with E-state index in [4.69, 9.17) is 11.6 Å². The van der Waals surface area contributed by atoms with Crippen LogP contribution >= 0.6 is 11.6 Å². The number of hydrogen-bond acceptors (Lipinski definition) is 4. The molecule has 4 rings (SSSR count). The van der Waals surface area contributed by atoms with Gasteiger partial charge in [-0.25, -0.2) is 4.79 Å². The summed E-state index contributed by atoms with van der Waals surface area (Å²) in [5.41, 5.74) is 0.445. The lowest BCUT2D eigenvalue weighted by atomic mass is 9.79. The van der Waals surface area contributed by atoms with E-state index in [0.29, 0.717) is 12.2 Å². The lowest BCUT2D eigenvalue weighted by Crippen LogP contribution is -2.39. The molecule has 0 unspecified atom stereocenters. The zero-order valence-corrected chi connectivity index (χ0v) is 17.0. The molecule has 0 bridgehead atoms. The summed E-state index contributed by atoms with van der Waals surface area (Å²) in [6, 6.07) is 14.8. The Labute approximate surface area is 177 Å². The maximum atomic E-state index is 13.0. The fraction of sp³-hybridized carbons (Fsp3) is 0.273. The molecule has 0 spiro atoms. The highest BCUT2D eigenvalue weighted by atomic mass is 35.5. The number of amides is 1. The van der Waals surface area contributed by atoms with E-state index < -0.39 is 11.2 Å². The van der Waals surface area contributed by atoms with Crippen molar-refractivity contribution in [2.45, 2.75) is 31.1 Å². The summed E-state index contributed by atoms with van der Waals surface area (Å²) in [7, 11) is 0. The Hall–Kier alpha value is -3.19. The van der Waals surface area contributed by atoms with E-state index in [2.05, 4.69) is 27.5 Å². The van der Waals surface area contributed by atoms with Gasteiger partial charge in [0, 0.05) is 12.0 Å². The number of rotatable bonds is 5. The predicted octanol–water partition coefficient (Wildman–Crippen LogP) is 2.82. The molecule has 2 aromatic carbocycles. The summed E-state index contributed by atoms with van der Waals surface area (Å²) in [5.74, 6) is -0.318. The van der Waals surface area contributed by atoms with Gasteiger partial charge in [0.1, 0.15) is 6.20 Å². The second-order valence-corrected chi connectivity index (χ2v) is 7.96. The molecule has 0 radical (unpaired) electrons. The molecule has 1 aliphatic carbocycles. The molecular weight excluding hydrogens is 404 g/mol. The van der Waals surface area contributed by atoms with E-state index in [9.17, 15) is 14.4 Å². The van der Waals surface area contributed by atoms with Gasteiger partial charge in [0.2, 0.25) is 0 Å². The number of hydrogen-bond donors (Lipinski definition) is 2. The lowest BCUT2D eigenvalue weighted by Gasteiger charge is -2.30. The first-order chi connectivity index (χ1) is 14.5. The van der Waals surface area contributed by atoms with Gasteiger partial charge in [-0.05, 0) is 36.6 Å². The number of carbonyl (C=O) groups excluding carboxylic acids is 1. The van der Waals surface area contributed by atoms with Crippen molar-refractivity contribution in [1.82, 2.24) is 20.1 Å². The first-order valence-corrected chi connectivity index (χ1v) is 10.2. The molecule has 3 aromatic rings. The average Bonchev–Trinajstić information content (AvgIpc) is 3.24. The van der Waals surface area contributed by atoms with Gasteiger partial charge in [-0.2, -0.15) is 9.78 Å². The van der Waals surface area contributed by atoms with Crippen LogP contribution in [0, 0.1) is 0 Å². The molecule has 154 valence electrons.